The number of para-hydroxylation sites is 4. The average Bonchev–Trinajstić information content (AvgIpc) is 3.36. The molecular weight excluding hydrogens is 547 g/mol. The van der Waals surface area contributed by atoms with Crippen LogP contribution in [-0.2, 0) is 22.3 Å². The van der Waals surface area contributed by atoms with Gasteiger partial charge in [-0.3, -0.25) is 14.2 Å². The number of thioether (sulfide) groups is 1. The van der Waals surface area contributed by atoms with Crippen LogP contribution in [0.3, 0.4) is 0 Å². The molecule has 2 N–H and O–H groups in total. The highest BCUT2D eigenvalue weighted by atomic mass is 32.2. The predicted octanol–water partition coefficient (Wildman–Crippen LogP) is 4.72. The van der Waals surface area contributed by atoms with Crippen molar-refractivity contribution >= 4 is 29.3 Å². The summed E-state index contributed by atoms with van der Waals surface area (Å²) in [5.41, 5.74) is -0.738. The quantitative estimate of drug-likeness (QED) is 0.251. The summed E-state index contributed by atoms with van der Waals surface area (Å²) >= 11 is 0.968. The van der Waals surface area contributed by atoms with Crippen molar-refractivity contribution < 1.29 is 32.2 Å². The molecule has 13 heteroatoms. The first-order chi connectivity index (χ1) is 19.3. The third-order valence-corrected chi connectivity index (χ3v) is 6.35. The SMILES string of the molecule is COc1ccccc1-n1c(CNC(=O)COc2ccccc2)nnc1SCC(=O)Nc1ccccc1C(F)(F)F. The fraction of sp³-hybridized carbons (Fsp3) is 0.185. The summed E-state index contributed by atoms with van der Waals surface area (Å²) in [5, 5.41) is 13.6. The van der Waals surface area contributed by atoms with E-state index in [4.69, 9.17) is 9.47 Å². The number of hydrogen-bond acceptors (Lipinski definition) is 7. The molecular formula is C27H24F3N5O4S. The van der Waals surface area contributed by atoms with Crippen molar-refractivity contribution in [2.45, 2.75) is 17.9 Å². The molecule has 1 heterocycles. The smallest absolute Gasteiger partial charge is 0.418 e. The Kier molecular flexibility index (Phi) is 9.27. The van der Waals surface area contributed by atoms with Crippen LogP contribution in [0, 0.1) is 0 Å². The Labute approximate surface area is 231 Å². The standard InChI is InChI=1S/C27H24F3N5O4S/c1-38-22-14-8-7-13-21(22)35-23(15-31-24(36)16-39-18-9-3-2-4-10-18)33-34-26(35)40-17-25(37)32-20-12-6-5-11-19(20)27(28,29)30/h2-14H,15-17H2,1H3,(H,31,36)(H,32,37). The van der Waals surface area contributed by atoms with E-state index in [2.05, 4.69) is 20.8 Å². The minimum absolute atomic E-state index is 0.0201. The molecule has 0 unspecified atom stereocenters. The molecule has 0 aliphatic rings. The van der Waals surface area contributed by atoms with Crippen LogP contribution in [-0.4, -0.2) is 46.0 Å². The summed E-state index contributed by atoms with van der Waals surface area (Å²) in [6.07, 6.45) is -4.62. The number of methoxy groups -OCH3 is 1. The van der Waals surface area contributed by atoms with Crippen molar-refractivity contribution in [3.8, 4) is 17.2 Å². The topological polar surface area (TPSA) is 107 Å². The molecule has 40 heavy (non-hydrogen) atoms. The van der Waals surface area contributed by atoms with Crippen LogP contribution in [0.1, 0.15) is 11.4 Å². The first-order valence-corrected chi connectivity index (χ1v) is 12.9. The lowest BCUT2D eigenvalue weighted by atomic mass is 10.1. The average molecular weight is 572 g/mol. The van der Waals surface area contributed by atoms with E-state index >= 15 is 0 Å². The van der Waals surface area contributed by atoms with E-state index in [0.29, 0.717) is 23.0 Å². The number of rotatable bonds is 11. The second-order valence-corrected chi connectivity index (χ2v) is 9.11. The van der Waals surface area contributed by atoms with Crippen LogP contribution in [0.5, 0.6) is 11.5 Å². The fourth-order valence-electron chi connectivity index (χ4n) is 3.61. The fourth-order valence-corrected chi connectivity index (χ4v) is 4.38. The summed E-state index contributed by atoms with van der Waals surface area (Å²) in [6, 6.07) is 20.6. The molecule has 9 nitrogen and oxygen atoms in total. The van der Waals surface area contributed by atoms with E-state index < -0.39 is 23.6 Å². The molecule has 0 bridgehead atoms. The van der Waals surface area contributed by atoms with Gasteiger partial charge in [-0.15, -0.1) is 10.2 Å². The van der Waals surface area contributed by atoms with Gasteiger partial charge in [0.05, 0.1) is 36.3 Å². The third-order valence-electron chi connectivity index (χ3n) is 5.42. The summed E-state index contributed by atoms with van der Waals surface area (Å²) in [4.78, 5) is 25.0. The van der Waals surface area contributed by atoms with E-state index in [1.54, 1.807) is 53.1 Å². The van der Waals surface area contributed by atoms with E-state index in [1.807, 2.05) is 6.07 Å². The van der Waals surface area contributed by atoms with Crippen molar-refractivity contribution in [2.75, 3.05) is 24.8 Å². The second kappa shape index (κ2) is 13.0. The molecule has 0 saturated carbocycles. The van der Waals surface area contributed by atoms with Crippen molar-refractivity contribution in [1.29, 1.82) is 0 Å². The van der Waals surface area contributed by atoms with Gasteiger partial charge in [-0.1, -0.05) is 54.2 Å². The molecule has 0 saturated heterocycles. The van der Waals surface area contributed by atoms with Crippen LogP contribution in [0.15, 0.2) is 84.0 Å². The Morgan fingerprint density at radius 2 is 1.62 bits per heavy atom. The molecule has 0 atom stereocenters. The highest BCUT2D eigenvalue weighted by molar-refractivity contribution is 7.99. The maximum Gasteiger partial charge on any atom is 0.418 e. The molecule has 4 aromatic rings. The van der Waals surface area contributed by atoms with Crippen molar-refractivity contribution in [2.24, 2.45) is 0 Å². The highest BCUT2D eigenvalue weighted by Crippen LogP contribution is 2.35. The van der Waals surface area contributed by atoms with Crippen LogP contribution >= 0.6 is 11.8 Å². The molecule has 4 rings (SSSR count). The number of nitrogens with zero attached hydrogens (tertiary/aromatic N) is 3. The minimum atomic E-state index is -4.62. The van der Waals surface area contributed by atoms with Crippen LogP contribution in [0.4, 0.5) is 18.9 Å². The van der Waals surface area contributed by atoms with E-state index in [-0.39, 0.29) is 29.7 Å². The van der Waals surface area contributed by atoms with Gasteiger partial charge in [0, 0.05) is 0 Å². The monoisotopic (exact) mass is 571 g/mol. The molecule has 0 spiro atoms. The molecule has 3 aromatic carbocycles. The van der Waals surface area contributed by atoms with Crippen LogP contribution in [0.2, 0.25) is 0 Å². The Balaban J connectivity index is 1.48. The molecule has 2 amide bonds. The second-order valence-electron chi connectivity index (χ2n) is 8.16. The molecule has 0 radical (unpaired) electrons. The predicted molar refractivity (Wildman–Crippen MR) is 142 cm³/mol. The first-order valence-electron chi connectivity index (χ1n) is 11.9. The Morgan fingerprint density at radius 3 is 2.38 bits per heavy atom. The van der Waals surface area contributed by atoms with Gasteiger partial charge >= 0.3 is 6.18 Å². The normalized spacial score (nSPS) is 11.1. The number of carbonyl (C=O) groups is 2. The number of aromatic nitrogens is 3. The van der Waals surface area contributed by atoms with Gasteiger partial charge in [0.25, 0.3) is 5.91 Å². The number of ether oxygens (including phenoxy) is 2. The van der Waals surface area contributed by atoms with Crippen LogP contribution < -0.4 is 20.1 Å². The number of hydrogen-bond donors (Lipinski definition) is 2. The van der Waals surface area contributed by atoms with Gasteiger partial charge in [0.15, 0.2) is 17.6 Å². The number of nitrogens with one attached hydrogen (secondary N) is 2. The minimum Gasteiger partial charge on any atom is -0.495 e. The lowest BCUT2D eigenvalue weighted by Crippen LogP contribution is -2.29. The molecule has 0 fully saturated rings. The van der Waals surface area contributed by atoms with Crippen molar-refractivity contribution in [3.05, 3.63) is 90.3 Å². The zero-order chi connectivity index (χ0) is 28.5. The summed E-state index contributed by atoms with van der Waals surface area (Å²) in [6.45, 7) is -0.234. The Bertz CT molecular complexity index is 1460. The molecule has 0 aliphatic heterocycles. The van der Waals surface area contributed by atoms with E-state index in [9.17, 15) is 22.8 Å². The zero-order valence-electron chi connectivity index (χ0n) is 21.1. The Morgan fingerprint density at radius 1 is 0.925 bits per heavy atom. The lowest BCUT2D eigenvalue weighted by molar-refractivity contribution is -0.137. The molecule has 1 aromatic heterocycles. The number of benzene rings is 3. The third kappa shape index (κ3) is 7.32. The van der Waals surface area contributed by atoms with Crippen LogP contribution in [0.25, 0.3) is 5.69 Å². The number of alkyl halides is 3. The number of amides is 2. The van der Waals surface area contributed by atoms with Gasteiger partial charge in [-0.2, -0.15) is 13.2 Å². The van der Waals surface area contributed by atoms with Gasteiger partial charge in [-0.05, 0) is 36.4 Å². The highest BCUT2D eigenvalue weighted by Gasteiger charge is 2.33. The summed E-state index contributed by atoms with van der Waals surface area (Å²) in [5.74, 6) is 0.0521. The van der Waals surface area contributed by atoms with Crippen molar-refractivity contribution in [1.82, 2.24) is 20.1 Å². The van der Waals surface area contributed by atoms with Gasteiger partial charge in [0.2, 0.25) is 5.91 Å². The number of anilines is 1. The zero-order valence-corrected chi connectivity index (χ0v) is 22.0. The van der Waals surface area contributed by atoms with Crippen molar-refractivity contribution in [3.63, 3.8) is 0 Å². The lowest BCUT2D eigenvalue weighted by Gasteiger charge is -2.15. The Hall–Kier alpha value is -4.52. The van der Waals surface area contributed by atoms with E-state index in [1.165, 1.54) is 25.3 Å². The number of halogens is 3. The van der Waals surface area contributed by atoms with Gasteiger partial charge in [-0.25, -0.2) is 0 Å². The molecule has 208 valence electrons. The van der Waals surface area contributed by atoms with Gasteiger partial charge < -0.3 is 20.1 Å². The largest absolute Gasteiger partial charge is 0.495 e. The van der Waals surface area contributed by atoms with E-state index in [0.717, 1.165) is 17.8 Å². The summed E-state index contributed by atoms with van der Waals surface area (Å²) < 4.78 is 52.4. The maximum atomic E-state index is 13.3. The number of carbonyl (C=O) groups excluding carboxylic acids is 2. The van der Waals surface area contributed by atoms with Gasteiger partial charge in [0.1, 0.15) is 11.5 Å². The maximum absolute atomic E-state index is 13.3. The molecule has 0 aliphatic carbocycles. The summed E-state index contributed by atoms with van der Waals surface area (Å²) in [7, 11) is 1.49. The first kappa shape index (κ1) is 28.5.